The minimum Gasteiger partial charge on any atom is -0.456 e. The van der Waals surface area contributed by atoms with Crippen LogP contribution in [0, 0.1) is 0 Å². The summed E-state index contributed by atoms with van der Waals surface area (Å²) >= 11 is 0. The second-order valence-electron chi connectivity index (χ2n) is 11.4. The number of aromatic nitrogens is 1. The predicted molar refractivity (Wildman–Crippen MR) is 184 cm³/mol. The van der Waals surface area contributed by atoms with Crippen LogP contribution in [0.5, 0.6) is 0 Å². The largest absolute Gasteiger partial charge is 0.456 e. The molecule has 2 nitrogen and oxygen atoms in total. The molecule has 0 saturated carbocycles. The third kappa shape index (κ3) is 3.96. The molecule has 0 radical (unpaired) electrons. The van der Waals surface area contributed by atoms with Gasteiger partial charge in [0.1, 0.15) is 11.2 Å². The minimum absolute atomic E-state index is 0.914. The summed E-state index contributed by atoms with van der Waals surface area (Å²) < 4.78 is 8.51. The van der Waals surface area contributed by atoms with Crippen LogP contribution in [0.25, 0.3) is 82.8 Å². The predicted octanol–water partition coefficient (Wildman–Crippen LogP) is 11.7. The minimum atomic E-state index is 0.914. The van der Waals surface area contributed by atoms with Crippen molar-refractivity contribution in [3.63, 3.8) is 0 Å². The Balaban J connectivity index is 1.25. The summed E-state index contributed by atoms with van der Waals surface area (Å²) in [5.41, 5.74) is 12.6. The molecule has 0 unspecified atom stereocenters. The Hall–Kier alpha value is -5.86. The molecule has 0 spiro atoms. The Kier molecular flexibility index (Phi) is 5.54. The lowest BCUT2D eigenvalue weighted by Gasteiger charge is -2.11. The zero-order valence-electron chi connectivity index (χ0n) is 23.9. The maximum atomic E-state index is 6.10. The summed E-state index contributed by atoms with van der Waals surface area (Å²) in [6.07, 6.45) is 0. The van der Waals surface area contributed by atoms with Gasteiger partial charge in [-0.05, 0) is 88.0 Å². The van der Waals surface area contributed by atoms with Crippen molar-refractivity contribution in [2.45, 2.75) is 0 Å². The maximum absolute atomic E-state index is 6.10. The lowest BCUT2D eigenvalue weighted by atomic mass is 10.0. The first-order valence-corrected chi connectivity index (χ1v) is 15.0. The molecule has 44 heavy (non-hydrogen) atoms. The summed E-state index contributed by atoms with van der Waals surface area (Å²) in [5.74, 6) is 0. The van der Waals surface area contributed by atoms with E-state index in [0.717, 1.165) is 27.6 Å². The van der Waals surface area contributed by atoms with Crippen LogP contribution in [-0.2, 0) is 0 Å². The van der Waals surface area contributed by atoms with Crippen molar-refractivity contribution in [1.82, 2.24) is 4.57 Å². The number of hydrogen-bond acceptors (Lipinski definition) is 1. The van der Waals surface area contributed by atoms with Crippen molar-refractivity contribution in [1.29, 1.82) is 0 Å². The number of furan rings is 1. The molecular weight excluding hydrogens is 534 g/mol. The van der Waals surface area contributed by atoms with Crippen LogP contribution in [0.4, 0.5) is 0 Å². The Labute approximate surface area is 255 Å². The standard InChI is InChI=1S/C42H27NO/c1-3-10-28(11-4-1)31-18-21-39-36(25-31)37-26-32(29-12-5-2-6-13-29)19-22-40(37)43(39)34-15-9-14-30(24-34)33-20-23-42-38(27-33)35-16-7-8-17-41(35)44-42/h1-27H. The van der Waals surface area contributed by atoms with Gasteiger partial charge in [0.25, 0.3) is 0 Å². The lowest BCUT2D eigenvalue weighted by Crippen LogP contribution is -1.94. The Morgan fingerprint density at radius 2 is 0.818 bits per heavy atom. The van der Waals surface area contributed by atoms with Gasteiger partial charge in [-0.1, -0.05) is 109 Å². The van der Waals surface area contributed by atoms with Crippen LogP contribution in [0.1, 0.15) is 0 Å². The van der Waals surface area contributed by atoms with E-state index < -0.39 is 0 Å². The van der Waals surface area contributed by atoms with E-state index in [-0.39, 0.29) is 0 Å². The summed E-state index contributed by atoms with van der Waals surface area (Å²) in [6.45, 7) is 0. The molecule has 2 aromatic heterocycles. The van der Waals surface area contributed by atoms with Gasteiger partial charge in [-0.15, -0.1) is 0 Å². The molecule has 9 aromatic rings. The van der Waals surface area contributed by atoms with Gasteiger partial charge in [-0.3, -0.25) is 0 Å². The molecule has 0 saturated heterocycles. The molecule has 0 bridgehead atoms. The van der Waals surface area contributed by atoms with Crippen molar-refractivity contribution in [3.05, 3.63) is 164 Å². The average Bonchev–Trinajstić information content (AvgIpc) is 3.63. The Bertz CT molecular complexity index is 2390. The van der Waals surface area contributed by atoms with Gasteiger partial charge >= 0.3 is 0 Å². The normalized spacial score (nSPS) is 11.6. The van der Waals surface area contributed by atoms with Crippen molar-refractivity contribution in [2.75, 3.05) is 0 Å². The van der Waals surface area contributed by atoms with Gasteiger partial charge in [0.15, 0.2) is 0 Å². The molecule has 0 atom stereocenters. The van der Waals surface area contributed by atoms with Crippen molar-refractivity contribution in [2.24, 2.45) is 0 Å². The summed E-state index contributed by atoms with van der Waals surface area (Å²) in [5, 5.41) is 4.78. The van der Waals surface area contributed by atoms with Crippen molar-refractivity contribution >= 4 is 43.7 Å². The van der Waals surface area contributed by atoms with Crippen LogP contribution < -0.4 is 0 Å². The van der Waals surface area contributed by atoms with Crippen molar-refractivity contribution in [3.8, 4) is 39.1 Å². The third-order valence-electron chi connectivity index (χ3n) is 8.79. The Morgan fingerprint density at radius 3 is 1.50 bits per heavy atom. The fourth-order valence-corrected chi connectivity index (χ4v) is 6.65. The van der Waals surface area contributed by atoms with Crippen LogP contribution >= 0.6 is 0 Å². The zero-order chi connectivity index (χ0) is 29.0. The fraction of sp³-hybridized carbons (Fsp3) is 0. The van der Waals surface area contributed by atoms with E-state index in [1.54, 1.807) is 0 Å². The molecule has 0 aliphatic carbocycles. The number of para-hydroxylation sites is 1. The summed E-state index contributed by atoms with van der Waals surface area (Å²) in [7, 11) is 0. The molecule has 2 heterocycles. The van der Waals surface area contributed by atoms with Crippen LogP contribution in [-0.4, -0.2) is 4.57 Å². The highest BCUT2D eigenvalue weighted by Gasteiger charge is 2.16. The molecule has 2 heteroatoms. The molecule has 0 aliphatic rings. The highest BCUT2D eigenvalue weighted by molar-refractivity contribution is 6.12. The van der Waals surface area contributed by atoms with E-state index in [0.29, 0.717) is 0 Å². The van der Waals surface area contributed by atoms with E-state index in [2.05, 4.69) is 156 Å². The van der Waals surface area contributed by atoms with Gasteiger partial charge in [-0.25, -0.2) is 0 Å². The number of nitrogens with zero attached hydrogens (tertiary/aromatic N) is 1. The van der Waals surface area contributed by atoms with E-state index in [9.17, 15) is 0 Å². The third-order valence-corrected chi connectivity index (χ3v) is 8.79. The SMILES string of the molecule is c1ccc(-c2ccc3c(c2)c2cc(-c4ccccc4)ccc2n3-c2cccc(-c3ccc4oc5ccccc5c4c3)c2)cc1. The van der Waals surface area contributed by atoms with E-state index in [1.807, 2.05) is 12.1 Å². The number of rotatable bonds is 4. The number of hydrogen-bond donors (Lipinski definition) is 0. The van der Waals surface area contributed by atoms with E-state index in [1.165, 1.54) is 55.2 Å². The molecule has 0 amide bonds. The highest BCUT2D eigenvalue weighted by atomic mass is 16.3. The van der Waals surface area contributed by atoms with Gasteiger partial charge in [0, 0.05) is 27.2 Å². The van der Waals surface area contributed by atoms with Crippen molar-refractivity contribution < 1.29 is 4.42 Å². The number of benzene rings is 7. The monoisotopic (exact) mass is 561 g/mol. The van der Waals surface area contributed by atoms with Crippen LogP contribution in [0.15, 0.2) is 168 Å². The smallest absolute Gasteiger partial charge is 0.135 e. The summed E-state index contributed by atoms with van der Waals surface area (Å²) in [4.78, 5) is 0. The van der Waals surface area contributed by atoms with Crippen LogP contribution in [0.2, 0.25) is 0 Å². The summed E-state index contributed by atoms with van der Waals surface area (Å²) in [6, 6.07) is 58.6. The molecule has 9 rings (SSSR count). The fourth-order valence-electron chi connectivity index (χ4n) is 6.65. The molecule has 206 valence electrons. The topological polar surface area (TPSA) is 18.1 Å². The van der Waals surface area contributed by atoms with Gasteiger partial charge < -0.3 is 8.98 Å². The second kappa shape index (κ2) is 9.86. The number of fused-ring (bicyclic) bond motifs is 6. The molecule has 7 aromatic carbocycles. The van der Waals surface area contributed by atoms with E-state index >= 15 is 0 Å². The first kappa shape index (κ1) is 24.7. The van der Waals surface area contributed by atoms with Gasteiger partial charge in [-0.2, -0.15) is 0 Å². The molecular formula is C42H27NO. The van der Waals surface area contributed by atoms with Crippen LogP contribution in [0.3, 0.4) is 0 Å². The lowest BCUT2D eigenvalue weighted by molar-refractivity contribution is 0.669. The second-order valence-corrected chi connectivity index (χ2v) is 11.4. The molecule has 0 fully saturated rings. The quantitative estimate of drug-likeness (QED) is 0.209. The highest BCUT2D eigenvalue weighted by Crippen LogP contribution is 2.38. The first-order valence-electron chi connectivity index (χ1n) is 15.0. The maximum Gasteiger partial charge on any atom is 0.135 e. The average molecular weight is 562 g/mol. The molecule has 0 aliphatic heterocycles. The van der Waals surface area contributed by atoms with E-state index in [4.69, 9.17) is 4.42 Å². The van der Waals surface area contributed by atoms with Gasteiger partial charge in [0.2, 0.25) is 0 Å². The Morgan fingerprint density at radius 1 is 0.318 bits per heavy atom. The van der Waals surface area contributed by atoms with Gasteiger partial charge in [0.05, 0.1) is 11.0 Å². The first-order chi connectivity index (χ1) is 21.8. The molecule has 0 N–H and O–H groups in total. The zero-order valence-corrected chi connectivity index (χ0v) is 23.9.